The van der Waals surface area contributed by atoms with Crippen LogP contribution in [-0.2, 0) is 0 Å². The Morgan fingerprint density at radius 3 is 1.26 bits per heavy atom. The quantitative estimate of drug-likeness (QED) is 0.154. The van der Waals surface area contributed by atoms with E-state index >= 15 is 0 Å². The molecule has 0 unspecified atom stereocenters. The summed E-state index contributed by atoms with van der Waals surface area (Å²) in [5, 5.41) is 17.3. The summed E-state index contributed by atoms with van der Waals surface area (Å²) in [5.41, 5.74) is 16.8. The average molecular weight is 796 g/mol. The van der Waals surface area contributed by atoms with Crippen molar-refractivity contribution in [3.05, 3.63) is 224 Å². The van der Waals surface area contributed by atoms with Crippen LogP contribution in [-0.4, -0.2) is 15.4 Å². The van der Waals surface area contributed by atoms with Crippen LogP contribution in [0.25, 0.3) is 109 Å². The first-order valence-corrected chi connectivity index (χ1v) is 21.4. The second kappa shape index (κ2) is 15.8. The summed E-state index contributed by atoms with van der Waals surface area (Å²) >= 11 is 1.81. The van der Waals surface area contributed by atoms with Gasteiger partial charge in [-0.2, -0.15) is 0 Å². The Balaban J connectivity index is 1.28. The zero-order valence-corrected chi connectivity index (χ0v) is 33.9. The fraction of sp³-hybridized carbons (Fsp3) is 0. The number of aromatic nitrogens is 3. The van der Waals surface area contributed by atoms with Gasteiger partial charge in [0.05, 0.1) is 0 Å². The third-order valence-electron chi connectivity index (χ3n) is 11.6. The molecule has 3 nitrogen and oxygen atoms in total. The Bertz CT molecular complexity index is 3360. The first-order valence-electron chi connectivity index (χ1n) is 20.5. The van der Waals surface area contributed by atoms with Crippen molar-refractivity contribution in [1.29, 1.82) is 0 Å². The standard InChI is InChI=1S/C57H37N3S/c1-4-20-38(21-5-1)41-26-10-13-29-44(41)45-30-14-15-31-46(45)48-36-37-52-53(50-34-18-19-35-51(50)61-52)54(48)57-55(47-32-16-11-27-42(47)39-22-6-2-7-23-39)56(58-60-59-57)49-33-17-12-28-43(49)40-24-8-3-9-25-40/h1-37H. The third-order valence-corrected chi connectivity index (χ3v) is 12.7. The molecule has 0 radical (unpaired) electrons. The molecule has 0 aliphatic heterocycles. The van der Waals surface area contributed by atoms with Gasteiger partial charge in [-0.15, -0.1) is 21.5 Å². The van der Waals surface area contributed by atoms with Gasteiger partial charge >= 0.3 is 0 Å². The van der Waals surface area contributed by atoms with Crippen LogP contribution in [0, 0.1) is 0 Å². The van der Waals surface area contributed by atoms with Crippen molar-refractivity contribution in [2.24, 2.45) is 0 Å². The van der Waals surface area contributed by atoms with E-state index in [4.69, 9.17) is 15.4 Å². The maximum Gasteiger partial charge on any atom is 0.106 e. The number of hydrogen-bond donors (Lipinski definition) is 0. The first kappa shape index (κ1) is 36.3. The molecule has 0 aliphatic carbocycles. The van der Waals surface area contributed by atoms with Crippen molar-refractivity contribution in [3.63, 3.8) is 0 Å². The molecule has 0 fully saturated rings. The molecule has 11 aromatic rings. The minimum atomic E-state index is 0.776. The van der Waals surface area contributed by atoms with Crippen molar-refractivity contribution in [3.8, 4) is 89.3 Å². The van der Waals surface area contributed by atoms with Crippen molar-refractivity contribution in [2.75, 3.05) is 0 Å². The number of nitrogens with zero attached hydrogens (tertiary/aromatic N) is 3. The molecule has 0 amide bonds. The Hall–Kier alpha value is -7.79. The van der Waals surface area contributed by atoms with Crippen molar-refractivity contribution in [2.45, 2.75) is 0 Å². The molecule has 286 valence electrons. The van der Waals surface area contributed by atoms with Crippen LogP contribution in [0.2, 0.25) is 0 Å². The van der Waals surface area contributed by atoms with Gasteiger partial charge < -0.3 is 0 Å². The number of rotatable bonds is 8. The van der Waals surface area contributed by atoms with Gasteiger partial charge in [0.1, 0.15) is 11.4 Å². The predicted molar refractivity (Wildman–Crippen MR) is 256 cm³/mol. The highest BCUT2D eigenvalue weighted by molar-refractivity contribution is 7.26. The lowest BCUT2D eigenvalue weighted by atomic mass is 9.83. The summed E-state index contributed by atoms with van der Waals surface area (Å²) in [6.45, 7) is 0. The second-order valence-electron chi connectivity index (χ2n) is 15.1. The number of fused-ring (bicyclic) bond motifs is 3. The number of thiophene rings is 1. The van der Waals surface area contributed by atoms with Crippen molar-refractivity contribution < 1.29 is 0 Å². The van der Waals surface area contributed by atoms with Gasteiger partial charge in [0, 0.05) is 36.9 Å². The lowest BCUT2D eigenvalue weighted by Gasteiger charge is -2.21. The maximum absolute atomic E-state index is 5.18. The topological polar surface area (TPSA) is 38.7 Å². The van der Waals surface area contributed by atoms with Crippen LogP contribution in [0.3, 0.4) is 0 Å². The summed E-state index contributed by atoms with van der Waals surface area (Å²) in [4.78, 5) is 0. The summed E-state index contributed by atoms with van der Waals surface area (Å²) in [6.07, 6.45) is 0. The summed E-state index contributed by atoms with van der Waals surface area (Å²) < 4.78 is 2.41. The van der Waals surface area contributed by atoms with E-state index in [0.29, 0.717) is 0 Å². The molecule has 0 spiro atoms. The smallest absolute Gasteiger partial charge is 0.106 e. The first-order chi connectivity index (χ1) is 30.3. The van der Waals surface area contributed by atoms with Crippen LogP contribution >= 0.6 is 11.3 Å². The van der Waals surface area contributed by atoms with Crippen LogP contribution < -0.4 is 0 Å². The molecule has 61 heavy (non-hydrogen) atoms. The fourth-order valence-electron chi connectivity index (χ4n) is 8.90. The van der Waals surface area contributed by atoms with E-state index in [1.165, 1.54) is 31.5 Å². The monoisotopic (exact) mass is 795 g/mol. The van der Waals surface area contributed by atoms with E-state index in [2.05, 4.69) is 224 Å². The summed E-state index contributed by atoms with van der Waals surface area (Å²) in [6, 6.07) is 79.9. The largest absolute Gasteiger partial charge is 0.135 e. The van der Waals surface area contributed by atoms with Gasteiger partial charge in [0.2, 0.25) is 0 Å². The van der Waals surface area contributed by atoms with E-state index in [1.54, 1.807) is 0 Å². The molecule has 0 aliphatic rings. The van der Waals surface area contributed by atoms with E-state index in [9.17, 15) is 0 Å². The van der Waals surface area contributed by atoms with E-state index in [0.717, 1.165) is 78.0 Å². The van der Waals surface area contributed by atoms with Crippen LogP contribution in [0.1, 0.15) is 0 Å². The molecular formula is C57H37N3S. The molecule has 0 N–H and O–H groups in total. The highest BCUT2D eigenvalue weighted by atomic mass is 32.1. The SMILES string of the molecule is c1ccc(-c2ccccc2-c2ccccc2-c2ccc3sc4ccccc4c3c2-c2nnnc(-c3ccccc3-c3ccccc3)c2-c2ccccc2-c2ccccc2)cc1. The molecule has 11 rings (SSSR count). The molecule has 9 aromatic carbocycles. The van der Waals surface area contributed by atoms with Crippen LogP contribution in [0.15, 0.2) is 224 Å². The van der Waals surface area contributed by atoms with Crippen LogP contribution in [0.4, 0.5) is 0 Å². The third kappa shape index (κ3) is 6.51. The van der Waals surface area contributed by atoms with Gasteiger partial charge in [0.15, 0.2) is 0 Å². The molecule has 2 heterocycles. The van der Waals surface area contributed by atoms with E-state index in [1.807, 2.05) is 11.3 Å². The van der Waals surface area contributed by atoms with Crippen molar-refractivity contribution in [1.82, 2.24) is 15.4 Å². The molecule has 4 heteroatoms. The lowest BCUT2D eigenvalue weighted by Crippen LogP contribution is -2.03. The highest BCUT2D eigenvalue weighted by Gasteiger charge is 2.28. The van der Waals surface area contributed by atoms with Crippen molar-refractivity contribution >= 4 is 31.5 Å². The van der Waals surface area contributed by atoms with E-state index < -0.39 is 0 Å². The number of hydrogen-bond acceptors (Lipinski definition) is 4. The zero-order valence-electron chi connectivity index (χ0n) is 33.1. The van der Waals surface area contributed by atoms with Crippen LogP contribution in [0.5, 0.6) is 0 Å². The second-order valence-corrected chi connectivity index (χ2v) is 16.2. The van der Waals surface area contributed by atoms with Gasteiger partial charge in [-0.25, -0.2) is 0 Å². The minimum Gasteiger partial charge on any atom is -0.135 e. The maximum atomic E-state index is 5.18. The zero-order chi connectivity index (χ0) is 40.5. The Labute approximate surface area is 358 Å². The normalized spacial score (nSPS) is 11.3. The van der Waals surface area contributed by atoms with E-state index in [-0.39, 0.29) is 0 Å². The molecular weight excluding hydrogens is 759 g/mol. The number of benzene rings is 9. The Kier molecular flexibility index (Phi) is 9.38. The predicted octanol–water partition coefficient (Wildman–Crippen LogP) is 15.6. The fourth-order valence-corrected chi connectivity index (χ4v) is 10.0. The lowest BCUT2D eigenvalue weighted by molar-refractivity contribution is 0.879. The van der Waals surface area contributed by atoms with Gasteiger partial charge in [0.25, 0.3) is 0 Å². The molecule has 0 bridgehead atoms. The highest BCUT2D eigenvalue weighted by Crippen LogP contribution is 2.51. The molecule has 0 saturated carbocycles. The van der Waals surface area contributed by atoms with Gasteiger partial charge in [-0.05, 0) is 78.5 Å². The minimum absolute atomic E-state index is 0.776. The summed E-state index contributed by atoms with van der Waals surface area (Å²) in [7, 11) is 0. The Morgan fingerprint density at radius 2 is 0.672 bits per heavy atom. The van der Waals surface area contributed by atoms with Gasteiger partial charge in [-0.3, -0.25) is 0 Å². The Morgan fingerprint density at radius 1 is 0.262 bits per heavy atom. The molecule has 0 atom stereocenters. The summed E-state index contributed by atoms with van der Waals surface area (Å²) in [5.74, 6) is 0. The molecule has 2 aromatic heterocycles. The molecule has 0 saturated heterocycles. The van der Waals surface area contributed by atoms with Gasteiger partial charge in [-0.1, -0.05) is 212 Å². The average Bonchev–Trinajstić information content (AvgIpc) is 3.73.